The monoisotopic (exact) mass is 432 g/mol. The van der Waals surface area contributed by atoms with E-state index in [1.165, 1.54) is 10.4 Å². The Bertz CT molecular complexity index is 952. The Balaban J connectivity index is 1.66. The van der Waals surface area contributed by atoms with Crippen LogP contribution in [-0.4, -0.2) is 44.9 Å². The largest absolute Gasteiger partial charge is 0.497 e. The van der Waals surface area contributed by atoms with Gasteiger partial charge in [0.2, 0.25) is 10.0 Å². The zero-order valence-corrected chi connectivity index (χ0v) is 18.2. The van der Waals surface area contributed by atoms with Crippen LogP contribution in [0.1, 0.15) is 32.6 Å². The lowest BCUT2D eigenvalue weighted by molar-refractivity contribution is -0.122. The SMILES string of the molecule is COc1ccc(OC(C)C(=O)Nc2cccc(S(=O)(=O)N3CCCCCC3)c2)cc1. The molecule has 3 rings (SSSR count). The molecule has 2 aromatic carbocycles. The molecule has 1 fully saturated rings. The van der Waals surface area contributed by atoms with Gasteiger partial charge in [-0.1, -0.05) is 18.9 Å². The van der Waals surface area contributed by atoms with Crippen molar-refractivity contribution in [2.75, 3.05) is 25.5 Å². The van der Waals surface area contributed by atoms with Crippen molar-refractivity contribution in [3.05, 3.63) is 48.5 Å². The van der Waals surface area contributed by atoms with Gasteiger partial charge < -0.3 is 14.8 Å². The predicted octanol–water partition coefficient (Wildman–Crippen LogP) is 3.67. The van der Waals surface area contributed by atoms with E-state index < -0.39 is 16.1 Å². The van der Waals surface area contributed by atoms with Gasteiger partial charge in [-0.05, 0) is 62.2 Å². The number of hydrogen-bond donors (Lipinski definition) is 1. The number of nitrogens with one attached hydrogen (secondary N) is 1. The summed E-state index contributed by atoms with van der Waals surface area (Å²) in [7, 11) is -2.00. The van der Waals surface area contributed by atoms with E-state index in [1.54, 1.807) is 56.5 Å². The zero-order valence-electron chi connectivity index (χ0n) is 17.3. The highest BCUT2D eigenvalue weighted by Crippen LogP contribution is 2.23. The van der Waals surface area contributed by atoms with Gasteiger partial charge in [0.15, 0.2) is 6.10 Å². The van der Waals surface area contributed by atoms with Crippen LogP contribution in [-0.2, 0) is 14.8 Å². The first-order valence-corrected chi connectivity index (χ1v) is 11.6. The topological polar surface area (TPSA) is 84.9 Å². The van der Waals surface area contributed by atoms with E-state index >= 15 is 0 Å². The van der Waals surface area contributed by atoms with E-state index in [4.69, 9.17) is 9.47 Å². The lowest BCUT2D eigenvalue weighted by atomic mass is 10.2. The van der Waals surface area contributed by atoms with Gasteiger partial charge in [0.25, 0.3) is 5.91 Å². The van der Waals surface area contributed by atoms with Crippen molar-refractivity contribution in [3.8, 4) is 11.5 Å². The van der Waals surface area contributed by atoms with Crippen LogP contribution in [0, 0.1) is 0 Å². The lowest BCUT2D eigenvalue weighted by Gasteiger charge is -2.20. The molecule has 1 amide bonds. The smallest absolute Gasteiger partial charge is 0.265 e. The maximum atomic E-state index is 13.0. The Kier molecular flexibility index (Phi) is 7.33. The molecule has 0 aromatic heterocycles. The summed E-state index contributed by atoms with van der Waals surface area (Å²) in [5, 5.41) is 2.74. The first-order valence-electron chi connectivity index (χ1n) is 10.1. The second kappa shape index (κ2) is 9.95. The van der Waals surface area contributed by atoms with Crippen LogP contribution in [0.2, 0.25) is 0 Å². The van der Waals surface area contributed by atoms with Crippen LogP contribution >= 0.6 is 0 Å². The quantitative estimate of drug-likeness (QED) is 0.722. The number of rotatable bonds is 7. The van der Waals surface area contributed by atoms with Gasteiger partial charge in [-0.25, -0.2) is 8.42 Å². The molecule has 162 valence electrons. The van der Waals surface area contributed by atoms with Gasteiger partial charge in [0.05, 0.1) is 12.0 Å². The third-order valence-corrected chi connectivity index (χ3v) is 6.94. The molecule has 1 atom stereocenters. The highest BCUT2D eigenvalue weighted by atomic mass is 32.2. The summed E-state index contributed by atoms with van der Waals surface area (Å²) < 4.78 is 38.3. The van der Waals surface area contributed by atoms with Gasteiger partial charge in [-0.3, -0.25) is 4.79 Å². The number of benzene rings is 2. The number of nitrogens with zero attached hydrogens (tertiary/aromatic N) is 1. The number of hydrogen-bond acceptors (Lipinski definition) is 5. The molecule has 0 radical (unpaired) electrons. The number of carbonyl (C=O) groups is 1. The highest BCUT2D eigenvalue weighted by Gasteiger charge is 2.25. The van der Waals surface area contributed by atoms with Crippen LogP contribution in [0.3, 0.4) is 0 Å². The van der Waals surface area contributed by atoms with Gasteiger partial charge in [-0.2, -0.15) is 4.31 Å². The highest BCUT2D eigenvalue weighted by molar-refractivity contribution is 7.89. The average molecular weight is 433 g/mol. The molecule has 0 saturated carbocycles. The summed E-state index contributed by atoms with van der Waals surface area (Å²) in [5.74, 6) is 0.868. The summed E-state index contributed by atoms with van der Waals surface area (Å²) in [6.07, 6.45) is 3.08. The fourth-order valence-electron chi connectivity index (χ4n) is 3.32. The molecule has 1 heterocycles. The van der Waals surface area contributed by atoms with Crippen molar-refractivity contribution in [2.24, 2.45) is 0 Å². The van der Waals surface area contributed by atoms with Crippen molar-refractivity contribution in [3.63, 3.8) is 0 Å². The third-order valence-electron chi connectivity index (χ3n) is 5.05. The van der Waals surface area contributed by atoms with Crippen LogP contribution in [0.5, 0.6) is 11.5 Å². The van der Waals surface area contributed by atoms with E-state index in [1.807, 2.05) is 0 Å². The van der Waals surface area contributed by atoms with Crippen LogP contribution < -0.4 is 14.8 Å². The number of sulfonamides is 1. The molecule has 1 unspecified atom stereocenters. The fraction of sp³-hybridized carbons (Fsp3) is 0.409. The van der Waals surface area contributed by atoms with Gasteiger partial charge >= 0.3 is 0 Å². The minimum Gasteiger partial charge on any atom is -0.497 e. The number of anilines is 1. The molecule has 0 bridgehead atoms. The number of ether oxygens (including phenoxy) is 2. The van der Waals surface area contributed by atoms with Crippen molar-refractivity contribution in [2.45, 2.75) is 43.6 Å². The summed E-state index contributed by atoms with van der Waals surface area (Å²) in [5.41, 5.74) is 0.418. The van der Waals surface area contributed by atoms with Crippen molar-refractivity contribution < 1.29 is 22.7 Å². The Labute approximate surface area is 178 Å². The van der Waals surface area contributed by atoms with Crippen molar-refractivity contribution in [1.82, 2.24) is 4.31 Å². The van der Waals surface area contributed by atoms with E-state index in [0.29, 0.717) is 30.3 Å². The maximum Gasteiger partial charge on any atom is 0.265 e. The fourth-order valence-corrected chi connectivity index (χ4v) is 4.88. The lowest BCUT2D eigenvalue weighted by Crippen LogP contribution is -2.32. The normalized spacial score (nSPS) is 16.3. The summed E-state index contributed by atoms with van der Waals surface area (Å²) in [6.45, 7) is 2.70. The molecule has 0 spiro atoms. The van der Waals surface area contributed by atoms with E-state index in [0.717, 1.165) is 25.7 Å². The molecule has 0 aliphatic carbocycles. The predicted molar refractivity (Wildman–Crippen MR) is 115 cm³/mol. The average Bonchev–Trinajstić information content (AvgIpc) is 3.04. The molecule has 2 aromatic rings. The molecular weight excluding hydrogens is 404 g/mol. The minimum atomic E-state index is -3.58. The van der Waals surface area contributed by atoms with Crippen LogP contribution in [0.4, 0.5) is 5.69 Å². The summed E-state index contributed by atoms with van der Waals surface area (Å²) >= 11 is 0. The number of methoxy groups -OCH3 is 1. The number of amides is 1. The summed E-state index contributed by atoms with van der Waals surface area (Å²) in [6, 6.07) is 13.3. The third kappa shape index (κ3) is 5.52. The summed E-state index contributed by atoms with van der Waals surface area (Å²) in [4.78, 5) is 12.7. The van der Waals surface area contributed by atoms with Crippen molar-refractivity contribution in [1.29, 1.82) is 0 Å². The second-order valence-electron chi connectivity index (χ2n) is 7.27. The van der Waals surface area contributed by atoms with Crippen LogP contribution in [0.15, 0.2) is 53.4 Å². The zero-order chi connectivity index (χ0) is 21.6. The van der Waals surface area contributed by atoms with E-state index in [-0.39, 0.29) is 10.8 Å². The minimum absolute atomic E-state index is 0.186. The molecular formula is C22H28N2O5S. The second-order valence-corrected chi connectivity index (χ2v) is 9.21. The van der Waals surface area contributed by atoms with E-state index in [2.05, 4.69) is 5.32 Å². The number of carbonyl (C=O) groups excluding carboxylic acids is 1. The molecule has 7 nitrogen and oxygen atoms in total. The Morgan fingerprint density at radius 3 is 2.27 bits per heavy atom. The molecule has 1 aliphatic rings. The molecule has 30 heavy (non-hydrogen) atoms. The molecule has 1 saturated heterocycles. The molecule has 1 N–H and O–H groups in total. The maximum absolute atomic E-state index is 13.0. The van der Waals surface area contributed by atoms with Crippen molar-refractivity contribution >= 4 is 21.6 Å². The Morgan fingerprint density at radius 1 is 1.00 bits per heavy atom. The van der Waals surface area contributed by atoms with E-state index in [9.17, 15) is 13.2 Å². The molecule has 1 aliphatic heterocycles. The van der Waals surface area contributed by atoms with Gasteiger partial charge in [0, 0.05) is 18.8 Å². The van der Waals surface area contributed by atoms with Crippen LogP contribution in [0.25, 0.3) is 0 Å². The molecule has 8 heteroatoms. The first-order chi connectivity index (χ1) is 14.4. The standard InChI is InChI=1S/C22H28N2O5S/c1-17(29-20-12-10-19(28-2)11-13-20)22(25)23-18-8-7-9-21(16-18)30(26,27)24-14-5-3-4-6-15-24/h7-13,16-17H,3-6,14-15H2,1-2H3,(H,23,25). The van der Waals surface area contributed by atoms with Gasteiger partial charge in [-0.15, -0.1) is 0 Å². The van der Waals surface area contributed by atoms with Gasteiger partial charge in [0.1, 0.15) is 11.5 Å². The Hall–Kier alpha value is -2.58. The first kappa shape index (κ1) is 22.1. The Morgan fingerprint density at radius 2 is 1.63 bits per heavy atom.